The molecule has 0 radical (unpaired) electrons. The highest BCUT2D eigenvalue weighted by atomic mass is 19.1. The van der Waals surface area contributed by atoms with Crippen molar-refractivity contribution in [3.63, 3.8) is 0 Å². The van der Waals surface area contributed by atoms with Gasteiger partial charge in [-0.2, -0.15) is 0 Å². The molecule has 4 heteroatoms. The van der Waals surface area contributed by atoms with Crippen molar-refractivity contribution in [2.75, 3.05) is 12.8 Å². The van der Waals surface area contributed by atoms with E-state index in [1.165, 1.54) is 7.11 Å². The Morgan fingerprint density at radius 2 is 1.89 bits per heavy atom. The molecule has 100 valence electrons. The van der Waals surface area contributed by atoms with Gasteiger partial charge in [0.05, 0.1) is 12.8 Å². The minimum atomic E-state index is -0.405. The van der Waals surface area contributed by atoms with Gasteiger partial charge in [-0.05, 0) is 24.6 Å². The first kappa shape index (κ1) is 13.2. The van der Waals surface area contributed by atoms with Crippen LogP contribution in [0.2, 0.25) is 0 Å². The number of anilines is 1. The molecular weight excluding hydrogens is 245 g/mol. The minimum absolute atomic E-state index is 0.109. The molecule has 0 atom stereocenters. The lowest BCUT2D eigenvalue weighted by molar-refractivity contribution is 0.295. The normalized spacial score (nSPS) is 10.3. The Hall–Kier alpha value is -2.23. The highest BCUT2D eigenvalue weighted by molar-refractivity contribution is 5.56. The predicted molar refractivity (Wildman–Crippen MR) is 72.9 cm³/mol. The highest BCUT2D eigenvalue weighted by Gasteiger charge is 2.10. The van der Waals surface area contributed by atoms with E-state index in [0.717, 1.165) is 5.56 Å². The molecule has 0 aliphatic rings. The molecule has 0 amide bonds. The number of hydrogen-bond donors (Lipinski definition) is 1. The van der Waals surface area contributed by atoms with Crippen LogP contribution in [-0.2, 0) is 6.61 Å². The molecule has 0 aliphatic heterocycles. The van der Waals surface area contributed by atoms with Gasteiger partial charge in [-0.1, -0.05) is 24.3 Å². The molecule has 0 fully saturated rings. The van der Waals surface area contributed by atoms with Crippen LogP contribution in [0, 0.1) is 12.7 Å². The second-order valence-corrected chi connectivity index (χ2v) is 4.22. The zero-order valence-electron chi connectivity index (χ0n) is 10.9. The zero-order chi connectivity index (χ0) is 13.8. The molecule has 2 aromatic rings. The van der Waals surface area contributed by atoms with Gasteiger partial charge in [0.25, 0.3) is 0 Å². The first-order valence-corrected chi connectivity index (χ1v) is 5.92. The smallest absolute Gasteiger partial charge is 0.171 e. The third-order valence-corrected chi connectivity index (χ3v) is 2.88. The number of hydrogen-bond acceptors (Lipinski definition) is 3. The first-order chi connectivity index (χ1) is 9.13. The van der Waals surface area contributed by atoms with E-state index in [9.17, 15) is 4.39 Å². The molecular formula is C15H16FNO2. The Kier molecular flexibility index (Phi) is 3.90. The number of ether oxygens (including phenoxy) is 2. The van der Waals surface area contributed by atoms with Crippen molar-refractivity contribution in [2.45, 2.75) is 13.5 Å². The lowest BCUT2D eigenvalue weighted by Gasteiger charge is -2.13. The summed E-state index contributed by atoms with van der Waals surface area (Å²) in [6.07, 6.45) is 0. The average molecular weight is 261 g/mol. The molecule has 0 heterocycles. The molecule has 2 N–H and O–H groups in total. The quantitative estimate of drug-likeness (QED) is 0.859. The summed E-state index contributed by atoms with van der Waals surface area (Å²) >= 11 is 0. The van der Waals surface area contributed by atoms with Crippen LogP contribution in [0.5, 0.6) is 11.5 Å². The van der Waals surface area contributed by atoms with Gasteiger partial charge in [-0.3, -0.25) is 0 Å². The van der Waals surface area contributed by atoms with Crippen LogP contribution in [0.1, 0.15) is 11.1 Å². The summed E-state index contributed by atoms with van der Waals surface area (Å²) in [7, 11) is 1.43. The van der Waals surface area contributed by atoms with Gasteiger partial charge in [0.15, 0.2) is 11.6 Å². The molecule has 3 nitrogen and oxygen atoms in total. The fraction of sp³-hybridized carbons (Fsp3) is 0.200. The lowest BCUT2D eigenvalue weighted by atomic mass is 10.2. The summed E-state index contributed by atoms with van der Waals surface area (Å²) in [5.74, 6) is 0.390. The minimum Gasteiger partial charge on any atom is -0.494 e. The second-order valence-electron chi connectivity index (χ2n) is 4.22. The number of rotatable bonds is 4. The maximum Gasteiger partial charge on any atom is 0.171 e. The topological polar surface area (TPSA) is 44.5 Å². The van der Waals surface area contributed by atoms with Crippen molar-refractivity contribution in [3.8, 4) is 11.5 Å². The van der Waals surface area contributed by atoms with E-state index in [0.29, 0.717) is 17.0 Å². The Balaban J connectivity index is 2.19. The van der Waals surface area contributed by atoms with Crippen LogP contribution < -0.4 is 15.2 Å². The second kappa shape index (κ2) is 5.61. The fourth-order valence-corrected chi connectivity index (χ4v) is 1.85. The van der Waals surface area contributed by atoms with E-state index in [2.05, 4.69) is 0 Å². The third kappa shape index (κ3) is 2.78. The molecule has 0 aromatic heterocycles. The van der Waals surface area contributed by atoms with Crippen molar-refractivity contribution < 1.29 is 13.9 Å². The molecule has 0 saturated carbocycles. The van der Waals surface area contributed by atoms with E-state index in [1.54, 1.807) is 24.3 Å². The largest absolute Gasteiger partial charge is 0.494 e. The number of para-hydroxylation sites is 1. The predicted octanol–water partition coefficient (Wildman–Crippen LogP) is 3.30. The van der Waals surface area contributed by atoms with Crippen molar-refractivity contribution in [3.05, 3.63) is 53.3 Å². The molecule has 0 spiro atoms. The number of aryl methyl sites for hydroxylation is 1. The van der Waals surface area contributed by atoms with Crippen LogP contribution in [0.15, 0.2) is 36.4 Å². The monoisotopic (exact) mass is 261 g/mol. The zero-order valence-corrected chi connectivity index (χ0v) is 10.9. The van der Waals surface area contributed by atoms with Gasteiger partial charge >= 0.3 is 0 Å². The van der Waals surface area contributed by atoms with E-state index in [4.69, 9.17) is 15.2 Å². The first-order valence-electron chi connectivity index (χ1n) is 5.92. The molecule has 0 aliphatic carbocycles. The van der Waals surface area contributed by atoms with Crippen LogP contribution in [0.25, 0.3) is 0 Å². The molecule has 19 heavy (non-hydrogen) atoms. The number of methoxy groups -OCH3 is 1. The Labute approximate surface area is 111 Å². The van der Waals surface area contributed by atoms with Crippen molar-refractivity contribution in [1.82, 2.24) is 0 Å². The van der Waals surface area contributed by atoms with Crippen molar-refractivity contribution in [1.29, 1.82) is 0 Å². The van der Waals surface area contributed by atoms with Crippen molar-refractivity contribution >= 4 is 5.69 Å². The maximum absolute atomic E-state index is 13.9. The highest BCUT2D eigenvalue weighted by Crippen LogP contribution is 2.27. The number of benzene rings is 2. The lowest BCUT2D eigenvalue weighted by Crippen LogP contribution is -2.03. The SMILES string of the molecule is COc1cccc(COc2c(C)cccc2N)c1F. The van der Waals surface area contributed by atoms with Gasteiger partial charge in [0.2, 0.25) is 0 Å². The van der Waals surface area contributed by atoms with Gasteiger partial charge < -0.3 is 15.2 Å². The Morgan fingerprint density at radius 3 is 2.58 bits per heavy atom. The maximum atomic E-state index is 13.9. The summed E-state index contributed by atoms with van der Waals surface area (Å²) in [5, 5.41) is 0. The summed E-state index contributed by atoms with van der Waals surface area (Å²) in [4.78, 5) is 0. The number of nitrogens with two attached hydrogens (primary N) is 1. The van der Waals surface area contributed by atoms with Crippen LogP contribution in [-0.4, -0.2) is 7.11 Å². The number of nitrogen functional groups attached to an aromatic ring is 1. The summed E-state index contributed by atoms with van der Waals surface area (Å²) in [5.41, 5.74) is 7.73. The van der Waals surface area contributed by atoms with Gasteiger partial charge in [0, 0.05) is 5.56 Å². The van der Waals surface area contributed by atoms with Gasteiger partial charge in [0.1, 0.15) is 12.4 Å². The summed E-state index contributed by atoms with van der Waals surface area (Å²) in [6, 6.07) is 10.5. The Bertz CT molecular complexity index is 564. The molecule has 0 saturated heterocycles. The Morgan fingerprint density at radius 1 is 1.16 bits per heavy atom. The standard InChI is InChI=1S/C15H16FNO2/c1-10-5-3-7-12(17)15(10)19-9-11-6-4-8-13(18-2)14(11)16/h3-8H,9,17H2,1-2H3. The van der Waals surface area contributed by atoms with Crippen LogP contribution >= 0.6 is 0 Å². The third-order valence-electron chi connectivity index (χ3n) is 2.88. The number of halogens is 1. The molecule has 2 rings (SSSR count). The fourth-order valence-electron chi connectivity index (χ4n) is 1.85. The summed E-state index contributed by atoms with van der Waals surface area (Å²) in [6.45, 7) is 2.01. The van der Waals surface area contributed by atoms with E-state index in [1.807, 2.05) is 19.1 Å². The van der Waals surface area contributed by atoms with Gasteiger partial charge in [-0.25, -0.2) is 4.39 Å². The molecule has 2 aromatic carbocycles. The van der Waals surface area contributed by atoms with Crippen LogP contribution in [0.4, 0.5) is 10.1 Å². The van der Waals surface area contributed by atoms with E-state index < -0.39 is 5.82 Å². The van der Waals surface area contributed by atoms with Gasteiger partial charge in [-0.15, -0.1) is 0 Å². The van der Waals surface area contributed by atoms with Crippen molar-refractivity contribution in [2.24, 2.45) is 0 Å². The van der Waals surface area contributed by atoms with E-state index in [-0.39, 0.29) is 12.4 Å². The molecule has 0 unspecified atom stereocenters. The van der Waals surface area contributed by atoms with E-state index >= 15 is 0 Å². The average Bonchev–Trinajstić information content (AvgIpc) is 2.40. The van der Waals surface area contributed by atoms with Crippen LogP contribution in [0.3, 0.4) is 0 Å². The molecule has 0 bridgehead atoms. The summed E-state index contributed by atoms with van der Waals surface area (Å²) < 4.78 is 24.5.